The number of aryl methyl sites for hydroxylation is 1. The van der Waals surface area contributed by atoms with Crippen LogP contribution in [0.4, 0.5) is 4.39 Å². The Morgan fingerprint density at radius 1 is 1.11 bits per heavy atom. The van der Waals surface area contributed by atoms with Crippen molar-refractivity contribution in [2.45, 2.75) is 39.7 Å². The normalized spacial score (nSPS) is 10.7. The summed E-state index contributed by atoms with van der Waals surface area (Å²) in [6, 6.07) is 9.87. The molecule has 1 amide bonds. The van der Waals surface area contributed by atoms with Crippen molar-refractivity contribution in [3.05, 3.63) is 75.0 Å². The zero-order valence-electron chi connectivity index (χ0n) is 21.0. The molecule has 0 aliphatic rings. The van der Waals surface area contributed by atoms with E-state index in [1.165, 1.54) is 23.5 Å². The number of ether oxygens (including phenoxy) is 3. The zero-order valence-corrected chi connectivity index (χ0v) is 21.8. The first-order chi connectivity index (χ1) is 17.3. The summed E-state index contributed by atoms with van der Waals surface area (Å²) in [6.45, 7) is 4.64. The van der Waals surface area contributed by atoms with Crippen LogP contribution < -0.4 is 9.47 Å². The molecule has 0 spiro atoms. The van der Waals surface area contributed by atoms with E-state index in [-0.39, 0.29) is 30.7 Å². The first-order valence-corrected chi connectivity index (χ1v) is 12.6. The second kappa shape index (κ2) is 13.0. The fourth-order valence-corrected chi connectivity index (χ4v) is 4.65. The largest absolute Gasteiger partial charge is 0.496 e. The zero-order chi connectivity index (χ0) is 26.1. The molecule has 9 heteroatoms. The molecule has 0 saturated heterocycles. The summed E-state index contributed by atoms with van der Waals surface area (Å²) in [5.74, 6) is 0.298. The number of aromatic nitrogens is 1. The van der Waals surface area contributed by atoms with E-state index in [4.69, 9.17) is 14.2 Å². The minimum Gasteiger partial charge on any atom is -0.496 e. The van der Waals surface area contributed by atoms with E-state index in [0.717, 1.165) is 11.1 Å². The van der Waals surface area contributed by atoms with Crippen molar-refractivity contribution in [1.82, 2.24) is 9.88 Å². The predicted molar refractivity (Wildman–Crippen MR) is 136 cm³/mol. The third kappa shape index (κ3) is 7.27. The molecule has 36 heavy (non-hydrogen) atoms. The van der Waals surface area contributed by atoms with Crippen LogP contribution in [-0.2, 0) is 28.9 Å². The maximum Gasteiger partial charge on any atom is 0.311 e. The molecule has 0 bridgehead atoms. The van der Waals surface area contributed by atoms with E-state index in [1.807, 2.05) is 13.0 Å². The SMILES string of the molecule is CCOC(=O)Cc1csc(CN(CCCc2cccc(F)c2)C(=O)c2cc(OC)c(C)c(OC)c2)n1. The maximum atomic E-state index is 13.6. The van der Waals surface area contributed by atoms with Crippen LogP contribution in [0.5, 0.6) is 11.5 Å². The molecule has 0 aliphatic carbocycles. The number of halogens is 1. The Morgan fingerprint density at radius 2 is 1.83 bits per heavy atom. The molecule has 0 N–H and O–H groups in total. The molecular weight excluding hydrogens is 483 g/mol. The van der Waals surface area contributed by atoms with Gasteiger partial charge in [-0.25, -0.2) is 9.37 Å². The summed E-state index contributed by atoms with van der Waals surface area (Å²) in [5.41, 5.74) is 2.72. The van der Waals surface area contributed by atoms with Gasteiger partial charge in [0.1, 0.15) is 22.3 Å². The van der Waals surface area contributed by atoms with Gasteiger partial charge >= 0.3 is 5.97 Å². The Labute approximate surface area is 214 Å². The lowest BCUT2D eigenvalue weighted by molar-refractivity contribution is -0.142. The highest BCUT2D eigenvalue weighted by atomic mass is 32.1. The summed E-state index contributed by atoms with van der Waals surface area (Å²) in [4.78, 5) is 31.7. The van der Waals surface area contributed by atoms with Gasteiger partial charge in [-0.2, -0.15) is 0 Å². The number of carbonyl (C=O) groups excluding carboxylic acids is 2. The number of methoxy groups -OCH3 is 2. The van der Waals surface area contributed by atoms with Crippen molar-refractivity contribution in [2.75, 3.05) is 27.4 Å². The average Bonchev–Trinajstić information content (AvgIpc) is 3.29. The molecule has 3 rings (SSSR count). The molecule has 1 heterocycles. The smallest absolute Gasteiger partial charge is 0.311 e. The number of benzene rings is 2. The fraction of sp³-hybridized carbons (Fsp3) is 0.370. The van der Waals surface area contributed by atoms with Gasteiger partial charge in [-0.15, -0.1) is 11.3 Å². The Kier molecular flexibility index (Phi) is 9.81. The predicted octanol–water partition coefficient (Wildman–Crippen LogP) is 4.99. The summed E-state index contributed by atoms with van der Waals surface area (Å²) in [6.07, 6.45) is 1.34. The average molecular weight is 515 g/mol. The highest BCUT2D eigenvalue weighted by Crippen LogP contribution is 2.30. The second-order valence-corrected chi connectivity index (χ2v) is 9.12. The van der Waals surface area contributed by atoms with E-state index in [0.29, 0.717) is 53.8 Å². The number of hydrogen-bond donors (Lipinski definition) is 0. The molecule has 0 atom stereocenters. The van der Waals surface area contributed by atoms with Crippen LogP contribution in [-0.4, -0.2) is 49.1 Å². The lowest BCUT2D eigenvalue weighted by atomic mass is 10.1. The van der Waals surface area contributed by atoms with Gasteiger partial charge in [0.2, 0.25) is 0 Å². The summed E-state index contributed by atoms with van der Waals surface area (Å²) in [5, 5.41) is 2.51. The van der Waals surface area contributed by atoms with Gasteiger partial charge in [-0.05, 0) is 56.5 Å². The molecular formula is C27H31FN2O5S. The first-order valence-electron chi connectivity index (χ1n) is 11.7. The molecule has 0 radical (unpaired) electrons. The van der Waals surface area contributed by atoms with Crippen molar-refractivity contribution in [2.24, 2.45) is 0 Å². The van der Waals surface area contributed by atoms with Crippen molar-refractivity contribution >= 4 is 23.2 Å². The lowest BCUT2D eigenvalue weighted by Crippen LogP contribution is -2.32. The second-order valence-electron chi connectivity index (χ2n) is 8.18. The van der Waals surface area contributed by atoms with Crippen LogP contribution in [0.2, 0.25) is 0 Å². The van der Waals surface area contributed by atoms with Crippen LogP contribution in [0.1, 0.15) is 45.5 Å². The minimum atomic E-state index is -0.337. The van der Waals surface area contributed by atoms with E-state index >= 15 is 0 Å². The van der Waals surface area contributed by atoms with Gasteiger partial charge in [0.15, 0.2) is 0 Å². The molecule has 192 valence electrons. The Hall–Kier alpha value is -3.46. The number of thiazole rings is 1. The van der Waals surface area contributed by atoms with E-state index in [2.05, 4.69) is 4.98 Å². The third-order valence-corrected chi connectivity index (χ3v) is 6.51. The molecule has 0 unspecified atom stereocenters. The van der Waals surface area contributed by atoms with Crippen LogP contribution in [0.25, 0.3) is 0 Å². The van der Waals surface area contributed by atoms with Crippen LogP contribution in [0.15, 0.2) is 41.8 Å². The number of amides is 1. The highest BCUT2D eigenvalue weighted by Gasteiger charge is 2.21. The van der Waals surface area contributed by atoms with Crippen molar-refractivity contribution in [1.29, 1.82) is 0 Å². The Morgan fingerprint density at radius 3 is 2.47 bits per heavy atom. The van der Waals surface area contributed by atoms with Gasteiger partial charge in [-0.1, -0.05) is 12.1 Å². The molecule has 0 saturated carbocycles. The Bertz CT molecular complexity index is 1170. The topological polar surface area (TPSA) is 78.0 Å². The number of carbonyl (C=O) groups is 2. The first kappa shape index (κ1) is 27.1. The monoisotopic (exact) mass is 514 g/mol. The van der Waals surface area contributed by atoms with Crippen LogP contribution in [0, 0.1) is 12.7 Å². The van der Waals surface area contributed by atoms with Gasteiger partial charge in [0, 0.05) is 23.1 Å². The van der Waals surface area contributed by atoms with Gasteiger partial charge in [-0.3, -0.25) is 9.59 Å². The number of nitrogens with zero attached hydrogens (tertiary/aromatic N) is 2. The fourth-order valence-electron chi connectivity index (χ4n) is 3.84. The molecule has 2 aromatic carbocycles. The molecule has 3 aromatic rings. The maximum absolute atomic E-state index is 13.6. The molecule has 0 aliphatic heterocycles. The van der Waals surface area contributed by atoms with E-state index in [1.54, 1.807) is 49.6 Å². The number of esters is 1. The molecule has 0 fully saturated rings. The van der Waals surface area contributed by atoms with E-state index < -0.39 is 0 Å². The van der Waals surface area contributed by atoms with Gasteiger partial charge < -0.3 is 19.1 Å². The minimum absolute atomic E-state index is 0.0875. The summed E-state index contributed by atoms with van der Waals surface area (Å²) < 4.78 is 29.5. The van der Waals surface area contributed by atoms with Gasteiger partial charge in [0.25, 0.3) is 5.91 Å². The highest BCUT2D eigenvalue weighted by molar-refractivity contribution is 7.09. The third-order valence-electron chi connectivity index (χ3n) is 5.63. The van der Waals surface area contributed by atoms with E-state index in [9.17, 15) is 14.0 Å². The van der Waals surface area contributed by atoms with Crippen molar-refractivity contribution in [3.8, 4) is 11.5 Å². The summed E-state index contributed by atoms with van der Waals surface area (Å²) in [7, 11) is 3.10. The number of rotatable bonds is 12. The molecule has 1 aromatic heterocycles. The Balaban J connectivity index is 1.81. The van der Waals surface area contributed by atoms with Gasteiger partial charge in [0.05, 0.1) is 39.5 Å². The standard InChI is InChI=1S/C27H31FN2O5S/c1-5-35-26(31)15-22-17-36-25(29-22)16-30(11-7-9-19-8-6-10-21(28)12-19)27(32)20-13-23(33-3)18(2)24(14-20)34-4/h6,8,10,12-14,17H,5,7,9,11,15-16H2,1-4H3. The van der Waals surface area contributed by atoms with Crippen molar-refractivity contribution < 1.29 is 28.2 Å². The van der Waals surface area contributed by atoms with Crippen LogP contribution in [0.3, 0.4) is 0 Å². The van der Waals surface area contributed by atoms with Crippen LogP contribution >= 0.6 is 11.3 Å². The lowest BCUT2D eigenvalue weighted by Gasteiger charge is -2.23. The quantitative estimate of drug-likeness (QED) is 0.317. The van der Waals surface area contributed by atoms with Crippen molar-refractivity contribution in [3.63, 3.8) is 0 Å². The molecule has 7 nitrogen and oxygen atoms in total. The summed E-state index contributed by atoms with van der Waals surface area (Å²) >= 11 is 1.39. The number of hydrogen-bond acceptors (Lipinski definition) is 7.